The first-order chi connectivity index (χ1) is 10.1. The molecular formula is C15H24N2O5. The van der Waals surface area contributed by atoms with Crippen molar-refractivity contribution in [3.8, 4) is 0 Å². The van der Waals surface area contributed by atoms with Crippen molar-refractivity contribution >= 4 is 18.0 Å². The van der Waals surface area contributed by atoms with E-state index in [1.165, 1.54) is 7.11 Å². The summed E-state index contributed by atoms with van der Waals surface area (Å²) in [6, 6.07) is -0.102. The van der Waals surface area contributed by atoms with Crippen molar-refractivity contribution in [3.63, 3.8) is 0 Å². The van der Waals surface area contributed by atoms with Crippen LogP contribution < -0.4 is 10.6 Å². The molecule has 124 valence electrons. The van der Waals surface area contributed by atoms with Crippen LogP contribution in [0.3, 0.4) is 0 Å². The highest BCUT2D eigenvalue weighted by atomic mass is 16.6. The molecule has 2 rings (SSSR count). The quantitative estimate of drug-likeness (QED) is 0.759. The van der Waals surface area contributed by atoms with Gasteiger partial charge >= 0.3 is 12.1 Å². The van der Waals surface area contributed by atoms with Gasteiger partial charge in [-0.2, -0.15) is 0 Å². The predicted octanol–water partition coefficient (Wildman–Crippen LogP) is 1.11. The number of hydrogen-bond donors (Lipinski definition) is 2. The zero-order valence-electron chi connectivity index (χ0n) is 13.5. The first kappa shape index (κ1) is 16.6. The highest BCUT2D eigenvalue weighted by molar-refractivity contribution is 5.84. The maximum Gasteiger partial charge on any atom is 0.407 e. The van der Waals surface area contributed by atoms with E-state index in [1.807, 2.05) is 0 Å². The van der Waals surface area contributed by atoms with Crippen molar-refractivity contribution in [3.05, 3.63) is 0 Å². The second-order valence-electron chi connectivity index (χ2n) is 7.06. The molecule has 22 heavy (non-hydrogen) atoms. The minimum absolute atomic E-state index is 0.0580. The fourth-order valence-electron chi connectivity index (χ4n) is 2.87. The van der Waals surface area contributed by atoms with Gasteiger partial charge < -0.3 is 20.1 Å². The van der Waals surface area contributed by atoms with Crippen molar-refractivity contribution in [2.75, 3.05) is 7.11 Å². The van der Waals surface area contributed by atoms with E-state index in [0.717, 1.165) is 0 Å². The molecule has 0 radical (unpaired) electrons. The highest BCUT2D eigenvalue weighted by Crippen LogP contribution is 2.46. The van der Waals surface area contributed by atoms with Crippen LogP contribution in [0.4, 0.5) is 4.79 Å². The zero-order chi connectivity index (χ0) is 16.5. The molecule has 7 nitrogen and oxygen atoms in total. The lowest BCUT2D eigenvalue weighted by molar-refractivity contribution is -0.141. The Balaban J connectivity index is 1.82. The summed E-state index contributed by atoms with van der Waals surface area (Å²) in [5, 5.41) is 5.75. The summed E-state index contributed by atoms with van der Waals surface area (Å²) in [6.07, 6.45) is 1.56. The van der Waals surface area contributed by atoms with Gasteiger partial charge in [0.25, 0.3) is 0 Å². The molecule has 1 aliphatic heterocycles. The van der Waals surface area contributed by atoms with Gasteiger partial charge in [-0.05, 0) is 40.0 Å². The maximum absolute atomic E-state index is 12.0. The SMILES string of the molecule is COC(=O)CC[C@@H]1C[C@@]2(C[C@@H]2NC(=O)OC(C)(C)C)NC1=O. The Hall–Kier alpha value is -1.79. The van der Waals surface area contributed by atoms with Crippen LogP contribution in [0.2, 0.25) is 0 Å². The van der Waals surface area contributed by atoms with Crippen molar-refractivity contribution in [1.82, 2.24) is 10.6 Å². The molecular weight excluding hydrogens is 288 g/mol. The van der Waals surface area contributed by atoms with E-state index in [-0.39, 0.29) is 35.8 Å². The summed E-state index contributed by atoms with van der Waals surface area (Å²) < 4.78 is 9.80. The molecule has 1 spiro atoms. The molecule has 2 aliphatic rings. The smallest absolute Gasteiger partial charge is 0.407 e. The minimum atomic E-state index is -0.548. The third kappa shape index (κ3) is 3.90. The van der Waals surface area contributed by atoms with E-state index in [9.17, 15) is 14.4 Å². The molecule has 2 fully saturated rings. The monoisotopic (exact) mass is 312 g/mol. The molecule has 1 heterocycles. The number of methoxy groups -OCH3 is 1. The number of ether oxygens (including phenoxy) is 2. The van der Waals surface area contributed by atoms with Gasteiger partial charge in [-0.15, -0.1) is 0 Å². The van der Waals surface area contributed by atoms with Crippen molar-refractivity contribution < 1.29 is 23.9 Å². The van der Waals surface area contributed by atoms with Gasteiger partial charge in [0.15, 0.2) is 0 Å². The summed E-state index contributed by atoms with van der Waals surface area (Å²) in [7, 11) is 1.33. The fourth-order valence-corrected chi connectivity index (χ4v) is 2.87. The number of carbonyl (C=O) groups is 3. The summed E-state index contributed by atoms with van der Waals surface area (Å²) in [4.78, 5) is 34.9. The van der Waals surface area contributed by atoms with Crippen molar-refractivity contribution in [2.24, 2.45) is 5.92 Å². The summed E-state index contributed by atoms with van der Waals surface area (Å²) in [5.41, 5.74) is -0.914. The van der Waals surface area contributed by atoms with Crippen LogP contribution in [0.25, 0.3) is 0 Å². The van der Waals surface area contributed by atoms with Gasteiger partial charge in [0.2, 0.25) is 5.91 Å². The van der Waals surface area contributed by atoms with Gasteiger partial charge in [-0.25, -0.2) is 4.79 Å². The van der Waals surface area contributed by atoms with Crippen LogP contribution in [-0.4, -0.2) is 42.3 Å². The van der Waals surface area contributed by atoms with Crippen LogP contribution in [0.1, 0.15) is 46.5 Å². The fraction of sp³-hybridized carbons (Fsp3) is 0.800. The summed E-state index contributed by atoms with van der Waals surface area (Å²) in [6.45, 7) is 5.40. The van der Waals surface area contributed by atoms with E-state index in [2.05, 4.69) is 15.4 Å². The highest BCUT2D eigenvalue weighted by Gasteiger charge is 2.61. The van der Waals surface area contributed by atoms with Crippen LogP contribution in [0, 0.1) is 5.92 Å². The predicted molar refractivity (Wildman–Crippen MR) is 78.0 cm³/mol. The molecule has 0 aromatic rings. The standard InChI is InChI=1S/C15H24N2O5/c1-14(2,3)22-13(20)16-10-8-15(10)7-9(12(19)17-15)5-6-11(18)21-4/h9-10H,5-8H2,1-4H3,(H,16,20)(H,17,19)/t9-,10+,15+/m1/s1. The number of carbonyl (C=O) groups excluding carboxylic acids is 3. The number of nitrogens with one attached hydrogen (secondary N) is 2. The molecule has 0 bridgehead atoms. The molecule has 1 saturated carbocycles. The number of rotatable bonds is 4. The normalized spacial score (nSPS) is 29.9. The molecule has 7 heteroatoms. The molecule has 0 unspecified atom stereocenters. The van der Waals surface area contributed by atoms with Gasteiger partial charge in [-0.1, -0.05) is 0 Å². The first-order valence-corrected chi connectivity index (χ1v) is 7.53. The van der Waals surface area contributed by atoms with Gasteiger partial charge in [0.1, 0.15) is 5.60 Å². The lowest BCUT2D eigenvalue weighted by atomic mass is 9.98. The molecule has 1 aliphatic carbocycles. The minimum Gasteiger partial charge on any atom is -0.469 e. The second kappa shape index (κ2) is 5.78. The van der Waals surface area contributed by atoms with E-state index in [4.69, 9.17) is 4.74 Å². The lowest BCUT2D eigenvalue weighted by Gasteiger charge is -2.20. The molecule has 0 aromatic carbocycles. The molecule has 2 N–H and O–H groups in total. The Labute approximate surface area is 130 Å². The molecule has 2 amide bonds. The Morgan fingerprint density at radius 3 is 2.64 bits per heavy atom. The van der Waals surface area contributed by atoms with Gasteiger partial charge in [0.05, 0.1) is 18.7 Å². The molecule has 0 aromatic heterocycles. The summed E-state index contributed by atoms with van der Waals surface area (Å²) in [5.74, 6) is -0.574. The van der Waals surface area contributed by atoms with Gasteiger partial charge in [0, 0.05) is 12.3 Å². The first-order valence-electron chi connectivity index (χ1n) is 7.53. The van der Waals surface area contributed by atoms with Crippen molar-refractivity contribution in [1.29, 1.82) is 0 Å². The van der Waals surface area contributed by atoms with E-state index in [0.29, 0.717) is 19.3 Å². The Morgan fingerprint density at radius 2 is 2.05 bits per heavy atom. The second-order valence-corrected chi connectivity index (χ2v) is 7.06. The average Bonchev–Trinajstić information content (AvgIpc) is 2.90. The van der Waals surface area contributed by atoms with Crippen molar-refractivity contribution in [2.45, 2.75) is 63.6 Å². The van der Waals surface area contributed by atoms with Crippen LogP contribution in [-0.2, 0) is 19.1 Å². The third-order valence-corrected chi connectivity index (χ3v) is 4.04. The van der Waals surface area contributed by atoms with Crippen LogP contribution in [0.15, 0.2) is 0 Å². The number of amides is 2. The number of esters is 1. The lowest BCUT2D eigenvalue weighted by Crippen LogP contribution is -2.40. The van der Waals surface area contributed by atoms with E-state index >= 15 is 0 Å². The average molecular weight is 312 g/mol. The summed E-state index contributed by atoms with van der Waals surface area (Å²) >= 11 is 0. The topological polar surface area (TPSA) is 93.7 Å². The Kier molecular flexibility index (Phi) is 4.35. The number of alkyl carbamates (subject to hydrolysis) is 1. The number of hydrogen-bond acceptors (Lipinski definition) is 5. The third-order valence-electron chi connectivity index (χ3n) is 4.04. The Bertz CT molecular complexity index is 485. The largest absolute Gasteiger partial charge is 0.469 e. The van der Waals surface area contributed by atoms with E-state index < -0.39 is 11.7 Å². The molecule has 3 atom stereocenters. The molecule has 1 saturated heterocycles. The van der Waals surface area contributed by atoms with Crippen LogP contribution >= 0.6 is 0 Å². The zero-order valence-corrected chi connectivity index (χ0v) is 13.5. The van der Waals surface area contributed by atoms with Crippen LogP contribution in [0.5, 0.6) is 0 Å². The maximum atomic E-state index is 12.0. The van der Waals surface area contributed by atoms with E-state index in [1.54, 1.807) is 20.8 Å². The van der Waals surface area contributed by atoms with Gasteiger partial charge in [-0.3, -0.25) is 9.59 Å². The Morgan fingerprint density at radius 1 is 1.36 bits per heavy atom.